The molecule has 0 aliphatic heterocycles. The number of aromatic hydroxyl groups is 1. The number of halogens is 1. The highest BCUT2D eigenvalue weighted by molar-refractivity contribution is 6.30. The van der Waals surface area contributed by atoms with Crippen molar-refractivity contribution in [1.82, 2.24) is 0 Å². The van der Waals surface area contributed by atoms with Gasteiger partial charge in [-0.15, -0.1) is 0 Å². The average molecular weight is 320 g/mol. The first kappa shape index (κ1) is 15.9. The molecule has 0 saturated heterocycles. The van der Waals surface area contributed by atoms with Gasteiger partial charge in [-0.25, -0.2) is 4.79 Å². The second-order valence-electron chi connectivity index (χ2n) is 4.59. The number of phenols is 1. The van der Waals surface area contributed by atoms with Crippen LogP contribution < -0.4 is 5.32 Å². The van der Waals surface area contributed by atoms with Crippen LogP contribution in [0.1, 0.15) is 17.3 Å². The Bertz CT molecular complexity index is 668. The second-order valence-corrected chi connectivity index (χ2v) is 5.03. The summed E-state index contributed by atoms with van der Waals surface area (Å²) in [6.45, 7) is 1.48. The van der Waals surface area contributed by atoms with Gasteiger partial charge in [-0.2, -0.15) is 0 Å². The molecule has 22 heavy (non-hydrogen) atoms. The Morgan fingerprint density at radius 3 is 2.27 bits per heavy atom. The SMILES string of the molecule is C[C@H](OC(=O)c1ccc(O)cc1)C(=O)Nc1ccc(Cl)cc1. The van der Waals surface area contributed by atoms with E-state index in [2.05, 4.69) is 5.32 Å². The maximum absolute atomic E-state index is 12.0. The highest BCUT2D eigenvalue weighted by Gasteiger charge is 2.19. The minimum atomic E-state index is -0.961. The van der Waals surface area contributed by atoms with E-state index in [1.807, 2.05) is 0 Å². The van der Waals surface area contributed by atoms with Crippen LogP contribution in [0.3, 0.4) is 0 Å². The van der Waals surface area contributed by atoms with Crippen LogP contribution in [0.5, 0.6) is 5.75 Å². The van der Waals surface area contributed by atoms with E-state index < -0.39 is 18.0 Å². The van der Waals surface area contributed by atoms with Crippen LogP contribution in [0.25, 0.3) is 0 Å². The lowest BCUT2D eigenvalue weighted by Crippen LogP contribution is -2.29. The third-order valence-electron chi connectivity index (χ3n) is 2.87. The molecule has 2 rings (SSSR count). The molecule has 6 heteroatoms. The number of amides is 1. The number of anilines is 1. The Morgan fingerprint density at radius 2 is 1.68 bits per heavy atom. The molecule has 2 aromatic rings. The number of hydrogen-bond acceptors (Lipinski definition) is 4. The van der Waals surface area contributed by atoms with E-state index >= 15 is 0 Å². The van der Waals surface area contributed by atoms with Crippen LogP contribution in [0.4, 0.5) is 5.69 Å². The Hall–Kier alpha value is -2.53. The van der Waals surface area contributed by atoms with E-state index in [-0.39, 0.29) is 11.3 Å². The van der Waals surface area contributed by atoms with E-state index in [1.165, 1.54) is 31.2 Å². The molecule has 0 aliphatic carbocycles. The van der Waals surface area contributed by atoms with Gasteiger partial charge >= 0.3 is 5.97 Å². The molecule has 1 atom stereocenters. The van der Waals surface area contributed by atoms with Gasteiger partial charge in [0.05, 0.1) is 5.56 Å². The number of benzene rings is 2. The van der Waals surface area contributed by atoms with E-state index in [9.17, 15) is 9.59 Å². The molecule has 0 spiro atoms. The second kappa shape index (κ2) is 6.95. The molecule has 0 radical (unpaired) electrons. The molecule has 0 fully saturated rings. The quantitative estimate of drug-likeness (QED) is 0.848. The van der Waals surface area contributed by atoms with Gasteiger partial charge < -0.3 is 15.2 Å². The number of phenolic OH excluding ortho intramolecular Hbond substituents is 1. The average Bonchev–Trinajstić information content (AvgIpc) is 2.50. The lowest BCUT2D eigenvalue weighted by molar-refractivity contribution is -0.123. The number of rotatable bonds is 4. The number of carbonyl (C=O) groups is 2. The molecular formula is C16H14ClNO4. The van der Waals surface area contributed by atoms with Crippen molar-refractivity contribution >= 4 is 29.2 Å². The van der Waals surface area contributed by atoms with Crippen LogP contribution in [0.15, 0.2) is 48.5 Å². The third kappa shape index (κ3) is 4.23. The van der Waals surface area contributed by atoms with Gasteiger partial charge in [0.2, 0.25) is 0 Å². The number of nitrogens with one attached hydrogen (secondary N) is 1. The summed E-state index contributed by atoms with van der Waals surface area (Å²) in [5.74, 6) is -1.04. The minimum Gasteiger partial charge on any atom is -0.508 e. The molecule has 0 heterocycles. The van der Waals surface area contributed by atoms with Crippen molar-refractivity contribution in [3.8, 4) is 5.75 Å². The highest BCUT2D eigenvalue weighted by Crippen LogP contribution is 2.15. The Labute approximate surface area is 132 Å². The Morgan fingerprint density at radius 1 is 1.09 bits per heavy atom. The first-order valence-corrected chi connectivity index (χ1v) is 6.90. The molecule has 114 valence electrons. The fraction of sp³-hybridized carbons (Fsp3) is 0.125. The lowest BCUT2D eigenvalue weighted by Gasteiger charge is -2.13. The van der Waals surface area contributed by atoms with Gasteiger partial charge in [-0.3, -0.25) is 4.79 Å². The van der Waals surface area contributed by atoms with Crippen molar-refractivity contribution in [2.75, 3.05) is 5.32 Å². The van der Waals surface area contributed by atoms with Crippen molar-refractivity contribution in [3.63, 3.8) is 0 Å². The summed E-state index contributed by atoms with van der Waals surface area (Å²) >= 11 is 5.76. The third-order valence-corrected chi connectivity index (χ3v) is 3.12. The summed E-state index contributed by atoms with van der Waals surface area (Å²) in [5, 5.41) is 12.3. The molecule has 1 amide bonds. The fourth-order valence-corrected chi connectivity index (χ4v) is 1.78. The molecule has 0 unspecified atom stereocenters. The lowest BCUT2D eigenvalue weighted by atomic mass is 10.2. The van der Waals surface area contributed by atoms with Crippen LogP contribution in [-0.2, 0) is 9.53 Å². The predicted molar refractivity (Wildman–Crippen MR) is 83.1 cm³/mol. The van der Waals surface area contributed by atoms with Gasteiger partial charge in [0, 0.05) is 10.7 Å². The number of carbonyl (C=O) groups excluding carboxylic acids is 2. The summed E-state index contributed by atoms with van der Waals surface area (Å²) in [6.07, 6.45) is -0.961. The molecular weight excluding hydrogens is 306 g/mol. The minimum absolute atomic E-state index is 0.0464. The predicted octanol–water partition coefficient (Wildman–Crippen LogP) is 3.23. The van der Waals surface area contributed by atoms with Gasteiger partial charge in [0.1, 0.15) is 5.75 Å². The van der Waals surface area contributed by atoms with Crippen LogP contribution in [-0.4, -0.2) is 23.1 Å². The van der Waals surface area contributed by atoms with Gasteiger partial charge in [-0.05, 0) is 55.5 Å². The summed E-state index contributed by atoms with van der Waals surface area (Å²) in [6, 6.07) is 12.2. The monoisotopic (exact) mass is 319 g/mol. The fourth-order valence-electron chi connectivity index (χ4n) is 1.66. The largest absolute Gasteiger partial charge is 0.508 e. The summed E-state index contributed by atoms with van der Waals surface area (Å²) < 4.78 is 5.08. The number of hydrogen-bond donors (Lipinski definition) is 2. The normalized spacial score (nSPS) is 11.5. The van der Waals surface area contributed by atoms with E-state index in [4.69, 9.17) is 21.4 Å². The molecule has 0 aliphatic rings. The Kier molecular flexibility index (Phi) is 5.01. The molecule has 0 bridgehead atoms. The van der Waals surface area contributed by atoms with E-state index in [0.29, 0.717) is 10.7 Å². The van der Waals surface area contributed by atoms with Gasteiger partial charge in [0.15, 0.2) is 6.10 Å². The van der Waals surface area contributed by atoms with Crippen molar-refractivity contribution in [2.45, 2.75) is 13.0 Å². The molecule has 0 aromatic heterocycles. The van der Waals surface area contributed by atoms with Crippen LogP contribution in [0.2, 0.25) is 5.02 Å². The summed E-state index contributed by atoms with van der Waals surface area (Å²) in [7, 11) is 0. The van der Waals surface area contributed by atoms with Crippen molar-refractivity contribution in [3.05, 3.63) is 59.1 Å². The smallest absolute Gasteiger partial charge is 0.338 e. The maximum Gasteiger partial charge on any atom is 0.338 e. The zero-order chi connectivity index (χ0) is 16.1. The molecule has 2 aromatic carbocycles. The van der Waals surface area contributed by atoms with Gasteiger partial charge in [0.25, 0.3) is 5.91 Å². The zero-order valence-electron chi connectivity index (χ0n) is 11.7. The Balaban J connectivity index is 1.94. The molecule has 0 saturated carbocycles. The molecule has 2 N–H and O–H groups in total. The number of ether oxygens (including phenoxy) is 1. The summed E-state index contributed by atoms with van der Waals surface area (Å²) in [4.78, 5) is 23.8. The standard InChI is InChI=1S/C16H14ClNO4/c1-10(15(20)18-13-6-4-12(17)5-7-13)22-16(21)11-2-8-14(19)9-3-11/h2-10,19H,1H3,(H,18,20)/t10-/m0/s1. The maximum atomic E-state index is 12.0. The first-order chi connectivity index (χ1) is 10.5. The van der Waals surface area contributed by atoms with E-state index in [1.54, 1.807) is 24.3 Å². The summed E-state index contributed by atoms with van der Waals surface area (Å²) in [5.41, 5.74) is 0.811. The first-order valence-electron chi connectivity index (χ1n) is 6.52. The van der Waals surface area contributed by atoms with Crippen molar-refractivity contribution in [2.24, 2.45) is 0 Å². The molecule has 5 nitrogen and oxygen atoms in total. The van der Waals surface area contributed by atoms with Crippen LogP contribution >= 0.6 is 11.6 Å². The van der Waals surface area contributed by atoms with Gasteiger partial charge in [-0.1, -0.05) is 11.6 Å². The highest BCUT2D eigenvalue weighted by atomic mass is 35.5. The number of esters is 1. The van der Waals surface area contributed by atoms with E-state index in [0.717, 1.165) is 0 Å². The zero-order valence-corrected chi connectivity index (χ0v) is 12.5. The van der Waals surface area contributed by atoms with Crippen LogP contribution in [0, 0.1) is 0 Å². The van der Waals surface area contributed by atoms with Crippen molar-refractivity contribution < 1.29 is 19.4 Å². The van der Waals surface area contributed by atoms with Crippen molar-refractivity contribution in [1.29, 1.82) is 0 Å². The topological polar surface area (TPSA) is 75.6 Å².